The van der Waals surface area contributed by atoms with Crippen LogP contribution in [-0.2, 0) is 4.79 Å². The average Bonchev–Trinajstić information content (AvgIpc) is 2.37. The molecule has 1 heterocycles. The normalized spacial score (nSPS) is 18.8. The first-order valence-electron chi connectivity index (χ1n) is 6.49. The number of aliphatic carboxylic acids is 1. The lowest BCUT2D eigenvalue weighted by Crippen LogP contribution is -2.51. The van der Waals surface area contributed by atoms with Crippen molar-refractivity contribution in [1.82, 2.24) is 9.80 Å². The number of halogens is 3. The number of rotatable bonds is 3. The number of likely N-dealkylation sites (tertiary alicyclic amines) is 1. The SMILES string of the molecule is CCC(C(=O)O)N(C)C(=O)N1CCC(C(F)(F)F)CC1. The summed E-state index contributed by atoms with van der Waals surface area (Å²) < 4.78 is 37.6. The quantitative estimate of drug-likeness (QED) is 0.868. The molecule has 1 N–H and O–H groups in total. The summed E-state index contributed by atoms with van der Waals surface area (Å²) in [7, 11) is 1.36. The molecule has 1 fully saturated rings. The van der Waals surface area contributed by atoms with Crippen molar-refractivity contribution in [2.24, 2.45) is 5.92 Å². The fourth-order valence-electron chi connectivity index (χ4n) is 2.37. The molecule has 116 valence electrons. The zero-order valence-corrected chi connectivity index (χ0v) is 11.5. The van der Waals surface area contributed by atoms with Gasteiger partial charge in [-0.3, -0.25) is 0 Å². The summed E-state index contributed by atoms with van der Waals surface area (Å²) in [6, 6.07) is -1.48. The number of carboxylic acids is 1. The van der Waals surface area contributed by atoms with Gasteiger partial charge in [-0.25, -0.2) is 9.59 Å². The topological polar surface area (TPSA) is 60.9 Å². The zero-order valence-electron chi connectivity index (χ0n) is 11.5. The molecule has 1 aliphatic heterocycles. The van der Waals surface area contributed by atoms with Crippen LogP contribution >= 0.6 is 0 Å². The molecule has 5 nitrogen and oxygen atoms in total. The van der Waals surface area contributed by atoms with Gasteiger partial charge in [0, 0.05) is 20.1 Å². The molecule has 0 spiro atoms. The molecule has 0 aromatic rings. The first-order chi connectivity index (χ1) is 9.18. The number of carbonyl (C=O) groups is 2. The van der Waals surface area contributed by atoms with Gasteiger partial charge < -0.3 is 14.9 Å². The molecule has 0 radical (unpaired) electrons. The molecule has 1 unspecified atom stereocenters. The summed E-state index contributed by atoms with van der Waals surface area (Å²) in [5.41, 5.74) is 0. The molecule has 1 aliphatic rings. The molecule has 1 saturated heterocycles. The highest BCUT2D eigenvalue weighted by Gasteiger charge is 2.42. The first kappa shape index (κ1) is 16.6. The van der Waals surface area contributed by atoms with Crippen LogP contribution in [-0.4, -0.2) is 59.3 Å². The molecule has 8 heteroatoms. The van der Waals surface area contributed by atoms with Gasteiger partial charge in [-0.05, 0) is 19.3 Å². The average molecular weight is 296 g/mol. The van der Waals surface area contributed by atoms with Crippen LogP contribution in [0.5, 0.6) is 0 Å². The third-order valence-electron chi connectivity index (χ3n) is 3.67. The lowest BCUT2D eigenvalue weighted by molar-refractivity contribution is -0.183. The molecule has 0 aliphatic carbocycles. The van der Waals surface area contributed by atoms with Crippen LogP contribution < -0.4 is 0 Å². The first-order valence-corrected chi connectivity index (χ1v) is 6.49. The summed E-state index contributed by atoms with van der Waals surface area (Å²) in [4.78, 5) is 25.4. The molecule has 2 amide bonds. The van der Waals surface area contributed by atoms with Crippen LogP contribution in [0.3, 0.4) is 0 Å². The van der Waals surface area contributed by atoms with Crippen LogP contribution in [0.1, 0.15) is 26.2 Å². The van der Waals surface area contributed by atoms with E-state index in [4.69, 9.17) is 5.11 Å². The Morgan fingerprint density at radius 3 is 2.20 bits per heavy atom. The molecule has 1 atom stereocenters. The Balaban J connectivity index is 2.60. The van der Waals surface area contributed by atoms with E-state index in [0.717, 1.165) is 4.90 Å². The lowest BCUT2D eigenvalue weighted by atomic mass is 9.96. The van der Waals surface area contributed by atoms with Gasteiger partial charge in [-0.2, -0.15) is 13.2 Å². The van der Waals surface area contributed by atoms with Crippen molar-refractivity contribution in [1.29, 1.82) is 0 Å². The number of amides is 2. The maximum atomic E-state index is 12.5. The van der Waals surface area contributed by atoms with E-state index in [1.165, 1.54) is 11.9 Å². The van der Waals surface area contributed by atoms with Gasteiger partial charge in [-0.15, -0.1) is 0 Å². The summed E-state index contributed by atoms with van der Waals surface area (Å²) in [5.74, 6) is -2.49. The Kier molecular flexibility index (Phi) is 5.24. The number of likely N-dealkylation sites (N-methyl/N-ethyl adjacent to an activating group) is 1. The van der Waals surface area contributed by atoms with E-state index in [1.54, 1.807) is 6.92 Å². The Hall–Kier alpha value is -1.47. The minimum Gasteiger partial charge on any atom is -0.480 e. The maximum absolute atomic E-state index is 12.5. The number of hydrogen-bond donors (Lipinski definition) is 1. The van der Waals surface area contributed by atoms with Crippen LogP contribution in [0, 0.1) is 5.92 Å². The number of nitrogens with zero attached hydrogens (tertiary/aromatic N) is 2. The monoisotopic (exact) mass is 296 g/mol. The van der Waals surface area contributed by atoms with E-state index in [-0.39, 0.29) is 32.4 Å². The van der Waals surface area contributed by atoms with Crippen LogP contribution in [0.25, 0.3) is 0 Å². The summed E-state index contributed by atoms with van der Waals surface area (Å²) in [6.45, 7) is 1.64. The molecule has 0 aromatic carbocycles. The van der Waals surface area contributed by atoms with Gasteiger partial charge in [0.1, 0.15) is 6.04 Å². The third kappa shape index (κ3) is 3.77. The molecule has 0 aromatic heterocycles. The van der Waals surface area contributed by atoms with Gasteiger partial charge in [0.2, 0.25) is 0 Å². The van der Waals surface area contributed by atoms with Crippen LogP contribution in [0.2, 0.25) is 0 Å². The minimum atomic E-state index is -4.23. The third-order valence-corrected chi connectivity index (χ3v) is 3.67. The Bertz CT molecular complexity index is 365. The molecular formula is C12H19F3N2O3. The van der Waals surface area contributed by atoms with E-state index in [9.17, 15) is 22.8 Å². The summed E-state index contributed by atoms with van der Waals surface area (Å²) in [6.07, 6.45) is -4.25. The van der Waals surface area contributed by atoms with Gasteiger partial charge in [0.15, 0.2) is 0 Å². The molecule has 0 saturated carbocycles. The van der Waals surface area contributed by atoms with Crippen LogP contribution in [0.4, 0.5) is 18.0 Å². The highest BCUT2D eigenvalue weighted by molar-refractivity contribution is 5.82. The van der Waals surface area contributed by atoms with E-state index in [2.05, 4.69) is 0 Å². The lowest BCUT2D eigenvalue weighted by Gasteiger charge is -2.36. The standard InChI is InChI=1S/C12H19F3N2O3/c1-3-9(10(18)19)16(2)11(20)17-6-4-8(5-7-17)12(13,14)15/h8-9H,3-7H2,1-2H3,(H,18,19). The second-order valence-corrected chi connectivity index (χ2v) is 4.96. The predicted octanol–water partition coefficient (Wildman–Crippen LogP) is 2.18. The number of carbonyl (C=O) groups excluding carboxylic acids is 1. The number of urea groups is 1. The van der Waals surface area contributed by atoms with Crippen molar-refractivity contribution in [2.45, 2.75) is 38.4 Å². The molecule has 20 heavy (non-hydrogen) atoms. The smallest absolute Gasteiger partial charge is 0.391 e. The molecular weight excluding hydrogens is 277 g/mol. The van der Waals surface area contributed by atoms with Crippen molar-refractivity contribution >= 4 is 12.0 Å². The molecule has 0 bridgehead atoms. The number of hydrogen-bond acceptors (Lipinski definition) is 2. The van der Waals surface area contributed by atoms with Crippen LogP contribution in [0.15, 0.2) is 0 Å². The van der Waals surface area contributed by atoms with Crippen molar-refractivity contribution in [2.75, 3.05) is 20.1 Å². The highest BCUT2D eigenvalue weighted by Crippen LogP contribution is 2.34. The Morgan fingerprint density at radius 2 is 1.85 bits per heavy atom. The highest BCUT2D eigenvalue weighted by atomic mass is 19.4. The fraction of sp³-hybridized carbons (Fsp3) is 0.833. The van der Waals surface area contributed by atoms with Gasteiger partial charge in [0.05, 0.1) is 5.92 Å². The van der Waals surface area contributed by atoms with E-state index < -0.39 is 30.1 Å². The molecule has 1 rings (SSSR count). The largest absolute Gasteiger partial charge is 0.480 e. The number of piperidine rings is 1. The van der Waals surface area contributed by atoms with E-state index >= 15 is 0 Å². The second kappa shape index (κ2) is 6.32. The predicted molar refractivity (Wildman–Crippen MR) is 65.2 cm³/mol. The fourth-order valence-corrected chi connectivity index (χ4v) is 2.37. The van der Waals surface area contributed by atoms with Gasteiger partial charge in [-0.1, -0.05) is 6.92 Å². The Morgan fingerprint density at radius 1 is 1.35 bits per heavy atom. The minimum absolute atomic E-state index is 0.00338. The zero-order chi connectivity index (χ0) is 15.5. The summed E-state index contributed by atoms with van der Waals surface area (Å²) >= 11 is 0. The Labute approximate surface area is 115 Å². The number of alkyl halides is 3. The van der Waals surface area contributed by atoms with Crippen molar-refractivity contribution in [3.8, 4) is 0 Å². The van der Waals surface area contributed by atoms with E-state index in [0.29, 0.717) is 0 Å². The van der Waals surface area contributed by atoms with E-state index in [1.807, 2.05) is 0 Å². The van der Waals surface area contributed by atoms with Crippen molar-refractivity contribution < 1.29 is 27.9 Å². The second-order valence-electron chi connectivity index (χ2n) is 4.96. The van der Waals surface area contributed by atoms with Gasteiger partial charge in [0.25, 0.3) is 0 Å². The summed E-state index contributed by atoms with van der Waals surface area (Å²) in [5, 5.41) is 8.98. The van der Waals surface area contributed by atoms with Crippen molar-refractivity contribution in [3.05, 3.63) is 0 Å². The van der Waals surface area contributed by atoms with Gasteiger partial charge >= 0.3 is 18.2 Å². The number of carboxylic acid groups (broad SMARTS) is 1. The van der Waals surface area contributed by atoms with Crippen molar-refractivity contribution in [3.63, 3.8) is 0 Å². The maximum Gasteiger partial charge on any atom is 0.391 e.